The summed E-state index contributed by atoms with van der Waals surface area (Å²) in [6.07, 6.45) is 1.36. The molecule has 3 aromatic rings. The fourth-order valence-electron chi connectivity index (χ4n) is 6.07. The second kappa shape index (κ2) is 17.1. The van der Waals surface area contributed by atoms with Crippen molar-refractivity contribution in [2.24, 2.45) is 41.4 Å². The number of guanidine groups is 6. The zero-order valence-electron chi connectivity index (χ0n) is 31.0. The maximum Gasteiger partial charge on any atom is 0.203 e. The third kappa shape index (κ3) is 10.6. The first-order valence-corrected chi connectivity index (χ1v) is 17.9. The van der Waals surface area contributed by atoms with Crippen LogP contribution in [0.15, 0.2) is 79.6 Å². The Kier molecular flexibility index (Phi) is 11.9. The summed E-state index contributed by atoms with van der Waals surface area (Å²) in [5, 5.41) is 16.0. The Bertz CT molecular complexity index is 1880. The Hall–Kier alpha value is -5.94. The Morgan fingerprint density at radius 1 is 0.642 bits per heavy atom. The molecule has 3 aromatic heterocycles. The summed E-state index contributed by atoms with van der Waals surface area (Å²) >= 11 is 0. The molecule has 3 unspecified atom stereocenters. The zero-order chi connectivity index (χ0) is 37.3. The van der Waals surface area contributed by atoms with E-state index in [1.165, 1.54) is 0 Å². The Labute approximate surface area is 309 Å². The normalized spacial score (nSPS) is 19.7. The highest BCUT2D eigenvalue weighted by atomic mass is 16.3. The molecule has 6 heterocycles. The fourth-order valence-corrected chi connectivity index (χ4v) is 6.07. The van der Waals surface area contributed by atoms with Gasteiger partial charge in [-0.15, -0.1) is 0 Å². The van der Waals surface area contributed by atoms with Gasteiger partial charge in [-0.2, -0.15) is 0 Å². The lowest BCUT2D eigenvalue weighted by Gasteiger charge is -2.33. The van der Waals surface area contributed by atoms with Crippen LogP contribution in [-0.2, 0) is 19.3 Å². The van der Waals surface area contributed by atoms with Crippen molar-refractivity contribution in [1.82, 2.24) is 36.4 Å². The average molecular weight is 730 g/mol. The number of aliphatic imine (C=N–C) groups is 6. The van der Waals surface area contributed by atoms with Gasteiger partial charge in [-0.25, -0.2) is 30.0 Å². The van der Waals surface area contributed by atoms with Gasteiger partial charge in [-0.1, -0.05) is 0 Å². The maximum absolute atomic E-state index is 6.44. The lowest BCUT2D eigenvalue weighted by molar-refractivity contribution is 0.347. The molecule has 3 aliphatic heterocycles. The minimum Gasteiger partial charge on any atom is -0.466 e. The molecule has 0 saturated heterocycles. The first kappa shape index (κ1) is 36.8. The topological polar surface area (TPSA) is 232 Å². The molecule has 0 amide bonds. The molecule has 284 valence electrons. The van der Waals surface area contributed by atoms with Gasteiger partial charge in [-0.05, 0) is 64.1 Å². The minimum absolute atomic E-state index is 0.269. The van der Waals surface area contributed by atoms with Gasteiger partial charge in [0.1, 0.15) is 46.9 Å². The molecule has 3 atom stereocenters. The molecule has 18 nitrogen and oxygen atoms in total. The Morgan fingerprint density at radius 2 is 1.23 bits per heavy atom. The molecule has 53 heavy (non-hydrogen) atoms. The minimum atomic E-state index is -0.533. The number of furan rings is 3. The summed E-state index contributed by atoms with van der Waals surface area (Å²) in [4.78, 5) is 32.6. The number of rotatable bonds is 14. The van der Waals surface area contributed by atoms with E-state index < -0.39 is 12.3 Å². The highest BCUT2D eigenvalue weighted by molar-refractivity contribution is 6.01. The molecule has 0 aliphatic carbocycles. The smallest absolute Gasteiger partial charge is 0.203 e. The third-order valence-corrected chi connectivity index (χ3v) is 8.65. The van der Waals surface area contributed by atoms with Gasteiger partial charge >= 0.3 is 0 Å². The van der Waals surface area contributed by atoms with Crippen LogP contribution in [0.4, 0.5) is 0 Å². The summed E-state index contributed by atoms with van der Waals surface area (Å²) in [5.74, 6) is 8.29. The van der Waals surface area contributed by atoms with Crippen molar-refractivity contribution in [3.63, 3.8) is 0 Å². The maximum atomic E-state index is 6.44. The van der Waals surface area contributed by atoms with Gasteiger partial charge in [0.2, 0.25) is 11.9 Å². The summed E-state index contributed by atoms with van der Waals surface area (Å²) in [6.45, 7) is 10.5. The number of hydrogen-bond acceptors (Lipinski definition) is 18. The molecule has 0 radical (unpaired) electrons. The molecule has 0 aromatic carbocycles. The van der Waals surface area contributed by atoms with Crippen molar-refractivity contribution in [2.75, 3.05) is 39.8 Å². The van der Waals surface area contributed by atoms with Crippen molar-refractivity contribution in [3.8, 4) is 0 Å². The quantitative estimate of drug-likeness (QED) is 0.124. The van der Waals surface area contributed by atoms with Crippen LogP contribution < -0.4 is 38.1 Å². The van der Waals surface area contributed by atoms with Crippen LogP contribution in [0.25, 0.3) is 0 Å². The van der Waals surface area contributed by atoms with E-state index >= 15 is 0 Å². The number of nitrogens with zero attached hydrogens (tertiary/aromatic N) is 8. The van der Waals surface area contributed by atoms with Gasteiger partial charge in [-0.3, -0.25) is 16.0 Å². The fraction of sp³-hybridized carbons (Fsp3) is 0.486. The highest BCUT2D eigenvalue weighted by Crippen LogP contribution is 2.15. The van der Waals surface area contributed by atoms with E-state index in [0.29, 0.717) is 88.2 Å². The predicted molar refractivity (Wildman–Crippen MR) is 206 cm³/mol. The second-order valence-corrected chi connectivity index (χ2v) is 13.0. The molecule has 9 N–H and O–H groups in total. The van der Waals surface area contributed by atoms with E-state index in [9.17, 15) is 0 Å². The Morgan fingerprint density at radius 3 is 1.85 bits per heavy atom. The molecule has 0 bridgehead atoms. The third-order valence-electron chi connectivity index (χ3n) is 8.65. The van der Waals surface area contributed by atoms with Crippen LogP contribution in [0.3, 0.4) is 0 Å². The Balaban J connectivity index is 1.17. The molecular formula is C35H51N15O3. The number of hydrogen-bond donors (Lipinski definition) is 7. The van der Waals surface area contributed by atoms with Crippen LogP contribution >= 0.6 is 0 Å². The molecule has 0 spiro atoms. The van der Waals surface area contributed by atoms with Gasteiger partial charge in [0.25, 0.3) is 0 Å². The standard InChI is InChI=1S/C35H51N15O3/c1-21-6-9-25(51-21)12-16-39-33-44-28(42-30(36)46-33)15-19-49(17-13-26-10-7-22(2)52-26)35-45-29(43-31(37)47-35)20-50(18-14-27-11-8-23(3)53-27)34-41-24(4)40-32(38-5)48-34/h6-11,24,28-29H,12-20H2,1-5H3,(H3,37,43,45,47)(H2,38,40,41,48)(H4,36,39,42,44,46). The van der Waals surface area contributed by atoms with E-state index in [-0.39, 0.29) is 12.1 Å². The summed E-state index contributed by atoms with van der Waals surface area (Å²) in [5.41, 5.74) is 12.6. The van der Waals surface area contributed by atoms with Crippen LogP contribution in [0.1, 0.15) is 47.9 Å². The van der Waals surface area contributed by atoms with Crippen molar-refractivity contribution in [2.45, 2.75) is 71.9 Å². The van der Waals surface area contributed by atoms with E-state index in [0.717, 1.165) is 34.6 Å². The predicted octanol–water partition coefficient (Wildman–Crippen LogP) is 1.08. The van der Waals surface area contributed by atoms with E-state index in [4.69, 9.17) is 39.7 Å². The highest BCUT2D eigenvalue weighted by Gasteiger charge is 2.27. The molecule has 0 fully saturated rings. The van der Waals surface area contributed by atoms with Gasteiger partial charge in [0, 0.05) is 58.9 Å². The zero-order valence-corrected chi connectivity index (χ0v) is 31.0. The number of aryl methyl sites for hydroxylation is 3. The van der Waals surface area contributed by atoms with Crippen LogP contribution in [-0.4, -0.2) is 104 Å². The summed E-state index contributed by atoms with van der Waals surface area (Å²) < 4.78 is 17.5. The summed E-state index contributed by atoms with van der Waals surface area (Å²) in [7, 11) is 1.82. The average Bonchev–Trinajstić information content (AvgIpc) is 3.86. The van der Waals surface area contributed by atoms with Crippen molar-refractivity contribution >= 4 is 35.8 Å². The van der Waals surface area contributed by atoms with Crippen LogP contribution in [0.5, 0.6) is 0 Å². The van der Waals surface area contributed by atoms with E-state index in [2.05, 4.69) is 51.4 Å². The van der Waals surface area contributed by atoms with Gasteiger partial charge in [0.15, 0.2) is 30.0 Å². The SMILES string of the molecule is CNC1=NC(C)N=C(N(CCc2ccc(C)o2)CC2N=C(N)NC(N(CCc3ccc(C)o3)CCC3N=C(N)NC(NCCc4ccc(C)o4)=N3)=N2)N1. The lowest BCUT2D eigenvalue weighted by atomic mass is 10.2. The van der Waals surface area contributed by atoms with Crippen LogP contribution in [0, 0.1) is 20.8 Å². The summed E-state index contributed by atoms with van der Waals surface area (Å²) in [6, 6.07) is 11.8. The first-order chi connectivity index (χ1) is 25.6. The van der Waals surface area contributed by atoms with E-state index in [1.807, 2.05) is 71.1 Å². The van der Waals surface area contributed by atoms with Crippen LogP contribution in [0.2, 0.25) is 0 Å². The van der Waals surface area contributed by atoms with Crippen molar-refractivity contribution in [1.29, 1.82) is 0 Å². The molecule has 3 aliphatic rings. The second-order valence-electron chi connectivity index (χ2n) is 13.0. The molecular weight excluding hydrogens is 678 g/mol. The lowest BCUT2D eigenvalue weighted by Crippen LogP contribution is -2.55. The van der Waals surface area contributed by atoms with Gasteiger partial charge < -0.3 is 45.2 Å². The van der Waals surface area contributed by atoms with E-state index in [1.54, 1.807) is 0 Å². The monoisotopic (exact) mass is 729 g/mol. The largest absolute Gasteiger partial charge is 0.466 e. The number of nitrogens with two attached hydrogens (primary N) is 2. The van der Waals surface area contributed by atoms with Crippen molar-refractivity contribution in [3.05, 3.63) is 71.0 Å². The first-order valence-electron chi connectivity index (χ1n) is 17.9. The molecule has 0 saturated carbocycles. The van der Waals surface area contributed by atoms with Gasteiger partial charge in [0.05, 0.1) is 6.54 Å². The van der Waals surface area contributed by atoms with Crippen molar-refractivity contribution < 1.29 is 13.3 Å². The molecule has 6 rings (SSSR count). The molecule has 18 heteroatoms. The number of nitrogens with one attached hydrogen (secondary N) is 5.